The van der Waals surface area contributed by atoms with E-state index in [9.17, 15) is 4.79 Å². The molecule has 0 radical (unpaired) electrons. The Morgan fingerprint density at radius 1 is 1.58 bits per heavy atom. The van der Waals surface area contributed by atoms with Gasteiger partial charge in [-0.2, -0.15) is 0 Å². The Hall–Kier alpha value is -1.18. The lowest BCUT2D eigenvalue weighted by molar-refractivity contribution is -0.118. The van der Waals surface area contributed by atoms with Gasteiger partial charge in [-0.15, -0.1) is 0 Å². The Bertz CT molecular complexity index is 281. The van der Waals surface area contributed by atoms with Gasteiger partial charge in [0.15, 0.2) is 0 Å². The van der Waals surface area contributed by atoms with E-state index in [1.807, 2.05) is 26.0 Å². The molecule has 0 amide bonds. The quantitative estimate of drug-likeness (QED) is 0.681. The van der Waals surface area contributed by atoms with Crippen LogP contribution in [-0.4, -0.2) is 10.8 Å². The van der Waals surface area contributed by atoms with Crippen molar-refractivity contribution in [3.8, 4) is 0 Å². The van der Waals surface area contributed by atoms with Gasteiger partial charge in [0.2, 0.25) is 0 Å². The predicted molar refractivity (Wildman–Crippen MR) is 48.0 cm³/mol. The Morgan fingerprint density at radius 3 is 2.92 bits per heavy atom. The van der Waals surface area contributed by atoms with Gasteiger partial charge < -0.3 is 0 Å². The van der Waals surface area contributed by atoms with E-state index in [0.29, 0.717) is 12.8 Å². The minimum Gasteiger partial charge on any atom is -0.299 e. The molecule has 0 aliphatic rings. The average Bonchev–Trinajstić information content (AvgIpc) is 2.04. The summed E-state index contributed by atoms with van der Waals surface area (Å²) in [7, 11) is 0. The molecule has 0 aliphatic heterocycles. The summed E-state index contributed by atoms with van der Waals surface area (Å²) in [5, 5.41) is 0. The van der Waals surface area contributed by atoms with Crippen molar-refractivity contribution in [2.45, 2.75) is 26.7 Å². The normalized spacial score (nSPS) is 9.83. The molecule has 0 unspecified atom stereocenters. The minimum absolute atomic E-state index is 0.278. The highest BCUT2D eigenvalue weighted by atomic mass is 16.1. The number of hydrogen-bond donors (Lipinski definition) is 0. The molecular weight excluding hydrogens is 150 g/mol. The molecule has 0 fully saturated rings. The molecule has 1 aromatic heterocycles. The van der Waals surface area contributed by atoms with E-state index in [1.54, 1.807) is 6.20 Å². The number of Topliss-reactive ketones (excluding diaryl/α,β-unsaturated/α-hetero) is 1. The fraction of sp³-hybridized carbons (Fsp3) is 0.400. The van der Waals surface area contributed by atoms with Gasteiger partial charge >= 0.3 is 0 Å². The Kier molecular flexibility index (Phi) is 2.97. The topological polar surface area (TPSA) is 30.0 Å². The van der Waals surface area contributed by atoms with Crippen LogP contribution in [0.2, 0.25) is 0 Å². The highest BCUT2D eigenvalue weighted by Gasteiger charge is 2.00. The van der Waals surface area contributed by atoms with Crippen molar-refractivity contribution in [3.05, 3.63) is 29.6 Å². The summed E-state index contributed by atoms with van der Waals surface area (Å²) in [5.41, 5.74) is 2.03. The average molecular weight is 163 g/mol. The number of carbonyl (C=O) groups excluding carboxylic acids is 1. The van der Waals surface area contributed by atoms with Crippen molar-refractivity contribution >= 4 is 5.78 Å². The number of nitrogens with zero attached hydrogens (tertiary/aromatic N) is 1. The third-order valence-corrected chi connectivity index (χ3v) is 1.76. The third-order valence-electron chi connectivity index (χ3n) is 1.76. The van der Waals surface area contributed by atoms with Crippen LogP contribution in [-0.2, 0) is 11.2 Å². The highest BCUT2D eigenvalue weighted by Crippen LogP contribution is 2.03. The number of carbonyl (C=O) groups is 1. The maximum Gasteiger partial charge on any atom is 0.136 e. The van der Waals surface area contributed by atoms with Crippen LogP contribution in [0.15, 0.2) is 18.3 Å². The number of aromatic nitrogens is 1. The molecule has 2 heteroatoms. The molecule has 1 rings (SSSR count). The van der Waals surface area contributed by atoms with Crippen LogP contribution in [0.3, 0.4) is 0 Å². The second-order valence-corrected chi connectivity index (χ2v) is 2.87. The number of hydrogen-bond acceptors (Lipinski definition) is 2. The molecule has 0 spiro atoms. The number of pyridine rings is 1. The van der Waals surface area contributed by atoms with Gasteiger partial charge in [0.25, 0.3) is 0 Å². The van der Waals surface area contributed by atoms with E-state index >= 15 is 0 Å². The van der Waals surface area contributed by atoms with Crippen molar-refractivity contribution in [2.75, 3.05) is 0 Å². The maximum atomic E-state index is 11.1. The highest BCUT2D eigenvalue weighted by molar-refractivity contribution is 5.80. The van der Waals surface area contributed by atoms with Gasteiger partial charge in [-0.1, -0.05) is 6.92 Å². The molecule has 0 saturated heterocycles. The van der Waals surface area contributed by atoms with Crippen LogP contribution < -0.4 is 0 Å². The second kappa shape index (κ2) is 4.00. The summed E-state index contributed by atoms with van der Waals surface area (Å²) in [4.78, 5) is 15.1. The number of aryl methyl sites for hydroxylation is 1. The van der Waals surface area contributed by atoms with Gasteiger partial charge in [-0.3, -0.25) is 9.78 Å². The molecule has 1 heterocycles. The standard InChI is InChI=1S/C10H13NO/c1-3-10(12)7-9-4-5-11-8(2)6-9/h4-6H,3,7H2,1-2H3. The monoisotopic (exact) mass is 163 g/mol. The number of ketones is 1. The van der Waals surface area contributed by atoms with Crippen LogP contribution in [0.4, 0.5) is 0 Å². The first-order chi connectivity index (χ1) is 5.72. The Balaban J connectivity index is 2.69. The largest absolute Gasteiger partial charge is 0.299 e. The first-order valence-corrected chi connectivity index (χ1v) is 4.15. The fourth-order valence-electron chi connectivity index (χ4n) is 1.07. The summed E-state index contributed by atoms with van der Waals surface area (Å²) >= 11 is 0. The summed E-state index contributed by atoms with van der Waals surface area (Å²) in [6, 6.07) is 3.84. The first kappa shape index (κ1) is 8.91. The zero-order valence-corrected chi connectivity index (χ0v) is 7.50. The van der Waals surface area contributed by atoms with Gasteiger partial charge in [-0.25, -0.2) is 0 Å². The first-order valence-electron chi connectivity index (χ1n) is 4.15. The van der Waals surface area contributed by atoms with Crippen molar-refractivity contribution in [1.29, 1.82) is 0 Å². The van der Waals surface area contributed by atoms with Gasteiger partial charge in [0.1, 0.15) is 5.78 Å². The molecule has 0 saturated carbocycles. The van der Waals surface area contributed by atoms with Crippen molar-refractivity contribution in [3.63, 3.8) is 0 Å². The van der Waals surface area contributed by atoms with Crippen molar-refractivity contribution in [1.82, 2.24) is 4.98 Å². The zero-order valence-electron chi connectivity index (χ0n) is 7.50. The lowest BCUT2D eigenvalue weighted by Crippen LogP contribution is -2.00. The van der Waals surface area contributed by atoms with E-state index in [2.05, 4.69) is 4.98 Å². The Morgan fingerprint density at radius 2 is 2.33 bits per heavy atom. The summed E-state index contributed by atoms with van der Waals surface area (Å²) in [6.45, 7) is 3.82. The smallest absolute Gasteiger partial charge is 0.136 e. The van der Waals surface area contributed by atoms with Crippen molar-refractivity contribution in [2.24, 2.45) is 0 Å². The fourth-order valence-corrected chi connectivity index (χ4v) is 1.07. The van der Waals surface area contributed by atoms with Gasteiger partial charge in [0.05, 0.1) is 0 Å². The zero-order chi connectivity index (χ0) is 8.97. The van der Waals surface area contributed by atoms with Crippen LogP contribution in [0.1, 0.15) is 24.6 Å². The molecule has 0 N–H and O–H groups in total. The molecule has 2 nitrogen and oxygen atoms in total. The molecular formula is C10H13NO. The van der Waals surface area contributed by atoms with Gasteiger partial charge in [0, 0.05) is 24.7 Å². The molecule has 1 aromatic rings. The maximum absolute atomic E-state index is 11.1. The molecule has 0 aliphatic carbocycles. The third kappa shape index (κ3) is 2.46. The predicted octanol–water partition coefficient (Wildman–Crippen LogP) is 1.91. The van der Waals surface area contributed by atoms with E-state index in [-0.39, 0.29) is 5.78 Å². The van der Waals surface area contributed by atoms with Crippen LogP contribution in [0.25, 0.3) is 0 Å². The van der Waals surface area contributed by atoms with Crippen LogP contribution in [0, 0.1) is 6.92 Å². The summed E-state index contributed by atoms with van der Waals surface area (Å²) in [5.74, 6) is 0.278. The molecule has 64 valence electrons. The minimum atomic E-state index is 0.278. The molecule has 0 aromatic carbocycles. The van der Waals surface area contributed by atoms with E-state index in [0.717, 1.165) is 11.3 Å². The Labute approximate surface area is 72.6 Å². The van der Waals surface area contributed by atoms with Crippen LogP contribution >= 0.6 is 0 Å². The molecule has 12 heavy (non-hydrogen) atoms. The summed E-state index contributed by atoms with van der Waals surface area (Å²) < 4.78 is 0. The van der Waals surface area contributed by atoms with E-state index in [4.69, 9.17) is 0 Å². The summed E-state index contributed by atoms with van der Waals surface area (Å²) in [6.07, 6.45) is 2.90. The lowest BCUT2D eigenvalue weighted by Gasteiger charge is -1.98. The molecule has 0 atom stereocenters. The number of rotatable bonds is 3. The van der Waals surface area contributed by atoms with Crippen molar-refractivity contribution < 1.29 is 4.79 Å². The SMILES string of the molecule is CCC(=O)Cc1ccnc(C)c1. The lowest BCUT2D eigenvalue weighted by atomic mass is 10.1. The second-order valence-electron chi connectivity index (χ2n) is 2.87. The van der Waals surface area contributed by atoms with Crippen LogP contribution in [0.5, 0.6) is 0 Å². The van der Waals surface area contributed by atoms with E-state index in [1.165, 1.54) is 0 Å². The van der Waals surface area contributed by atoms with Gasteiger partial charge in [-0.05, 0) is 24.6 Å². The van der Waals surface area contributed by atoms with E-state index < -0.39 is 0 Å². The molecule has 0 bridgehead atoms.